The van der Waals surface area contributed by atoms with Crippen molar-refractivity contribution in [2.45, 2.75) is 31.3 Å². The Bertz CT molecular complexity index is 1080. The molecule has 0 saturated heterocycles. The summed E-state index contributed by atoms with van der Waals surface area (Å²) >= 11 is 0.983. The van der Waals surface area contributed by atoms with Crippen LogP contribution in [0.4, 0.5) is 14.5 Å². The van der Waals surface area contributed by atoms with E-state index in [0.717, 1.165) is 16.4 Å². The molecular weight excluding hydrogens is 408 g/mol. The van der Waals surface area contributed by atoms with Crippen LogP contribution in [0.3, 0.4) is 0 Å². The van der Waals surface area contributed by atoms with E-state index < -0.39 is 17.2 Å². The van der Waals surface area contributed by atoms with Crippen LogP contribution in [0.2, 0.25) is 0 Å². The maximum absolute atomic E-state index is 13.3. The summed E-state index contributed by atoms with van der Waals surface area (Å²) in [6.07, 6.45) is -1.71. The molecule has 0 saturated carbocycles. The molecule has 3 rings (SSSR count). The first-order valence-corrected chi connectivity index (χ1v) is 9.15. The summed E-state index contributed by atoms with van der Waals surface area (Å²) in [4.78, 5) is 10.6. The van der Waals surface area contributed by atoms with Gasteiger partial charge >= 0.3 is 5.69 Å². The first-order valence-electron chi connectivity index (χ1n) is 8.16. The van der Waals surface area contributed by atoms with Crippen LogP contribution in [0.5, 0.6) is 5.75 Å². The van der Waals surface area contributed by atoms with Crippen LogP contribution in [0.1, 0.15) is 29.2 Å². The van der Waals surface area contributed by atoms with Gasteiger partial charge in [-0.15, -0.1) is 10.2 Å². The maximum Gasteiger partial charge on any atom is 0.312 e. The molecule has 152 valence electrons. The summed E-state index contributed by atoms with van der Waals surface area (Å²) in [5.74, 6) is -0.654. The van der Waals surface area contributed by atoms with E-state index in [4.69, 9.17) is 0 Å². The van der Waals surface area contributed by atoms with Gasteiger partial charge in [0.15, 0.2) is 0 Å². The zero-order valence-corrected chi connectivity index (χ0v) is 16.0. The highest BCUT2D eigenvalue weighted by atomic mass is 32.2. The molecule has 0 amide bonds. The largest absolute Gasteiger partial charge is 0.507 e. The van der Waals surface area contributed by atoms with Crippen LogP contribution in [-0.4, -0.2) is 40.9 Å². The Balaban J connectivity index is 1.88. The van der Waals surface area contributed by atoms with Gasteiger partial charge in [-0.2, -0.15) is 14.9 Å². The molecule has 3 aromatic rings. The number of phenols is 1. The minimum Gasteiger partial charge on any atom is -0.507 e. The Morgan fingerprint density at radius 3 is 2.69 bits per heavy atom. The zero-order chi connectivity index (χ0) is 21.1. The van der Waals surface area contributed by atoms with Gasteiger partial charge in [-0.3, -0.25) is 14.8 Å². The van der Waals surface area contributed by atoms with Gasteiger partial charge in [0.1, 0.15) is 17.1 Å². The van der Waals surface area contributed by atoms with Gasteiger partial charge in [0.05, 0.1) is 17.0 Å². The number of para-hydroxylation sites is 1. The lowest BCUT2D eigenvalue weighted by molar-refractivity contribution is -0.386. The molecule has 29 heavy (non-hydrogen) atoms. The van der Waals surface area contributed by atoms with E-state index in [2.05, 4.69) is 20.4 Å². The summed E-state index contributed by atoms with van der Waals surface area (Å²) in [6.45, 7) is 3.06. The molecule has 2 heterocycles. The first kappa shape index (κ1) is 20.4. The molecule has 0 unspecified atom stereocenters. The Morgan fingerprint density at radius 1 is 1.34 bits per heavy atom. The second-order valence-electron chi connectivity index (χ2n) is 5.81. The van der Waals surface area contributed by atoms with Gasteiger partial charge in [-0.1, -0.05) is 23.9 Å². The van der Waals surface area contributed by atoms with Gasteiger partial charge in [0.2, 0.25) is 11.0 Å². The smallest absolute Gasteiger partial charge is 0.312 e. The number of benzene rings is 1. The third-order valence-corrected chi connectivity index (χ3v) is 4.81. The predicted octanol–water partition coefficient (Wildman–Crippen LogP) is 3.27. The van der Waals surface area contributed by atoms with Crippen molar-refractivity contribution in [3.05, 3.63) is 57.2 Å². The number of hydrogen-bond donors (Lipinski definition) is 1. The van der Waals surface area contributed by atoms with Crippen molar-refractivity contribution in [2.75, 3.05) is 0 Å². The quantitative estimate of drug-likeness (QED) is 0.268. The molecule has 0 atom stereocenters. The molecule has 2 aromatic heterocycles. The molecule has 0 aliphatic carbocycles. The van der Waals surface area contributed by atoms with Gasteiger partial charge in [-0.05, 0) is 26.0 Å². The highest BCUT2D eigenvalue weighted by Crippen LogP contribution is 2.27. The number of rotatable bonds is 7. The SMILES string of the molecule is Cc1nn(CSc2nnc(C(F)F)n2/N=C/c2ccccc2O)c(C)c1[N+](=O)[O-]. The Morgan fingerprint density at radius 2 is 2.07 bits per heavy atom. The number of nitrogens with zero attached hydrogens (tertiary/aromatic N) is 7. The van der Waals surface area contributed by atoms with Crippen molar-refractivity contribution in [1.82, 2.24) is 24.7 Å². The number of phenolic OH excluding ortho intramolecular Hbond substituents is 1. The summed E-state index contributed by atoms with van der Waals surface area (Å²) in [7, 11) is 0. The topological polar surface area (TPSA) is 124 Å². The number of hydrogen-bond acceptors (Lipinski definition) is 8. The molecule has 13 heteroatoms. The molecule has 0 aliphatic rings. The normalized spacial score (nSPS) is 11.6. The lowest BCUT2D eigenvalue weighted by Gasteiger charge is -2.05. The van der Waals surface area contributed by atoms with Crippen LogP contribution in [0.15, 0.2) is 34.5 Å². The van der Waals surface area contributed by atoms with Crippen LogP contribution < -0.4 is 0 Å². The van der Waals surface area contributed by atoms with E-state index in [1.807, 2.05) is 0 Å². The van der Waals surface area contributed by atoms with Crippen molar-refractivity contribution < 1.29 is 18.8 Å². The molecule has 1 aromatic carbocycles. The Labute approximate surface area is 167 Å². The lowest BCUT2D eigenvalue weighted by atomic mass is 10.2. The summed E-state index contributed by atoms with van der Waals surface area (Å²) in [5, 5.41) is 36.2. The Hall–Kier alpha value is -3.35. The van der Waals surface area contributed by atoms with Gasteiger partial charge in [-0.25, -0.2) is 8.78 Å². The lowest BCUT2D eigenvalue weighted by Crippen LogP contribution is -2.04. The molecule has 0 aliphatic heterocycles. The zero-order valence-electron chi connectivity index (χ0n) is 15.2. The molecule has 0 bridgehead atoms. The number of aromatic hydroxyl groups is 1. The third kappa shape index (κ3) is 4.23. The minimum atomic E-state index is -2.92. The first-order chi connectivity index (χ1) is 13.8. The molecule has 0 radical (unpaired) electrons. The number of nitro groups is 1. The maximum atomic E-state index is 13.3. The van der Waals surface area contributed by atoms with Gasteiger partial charge in [0, 0.05) is 5.56 Å². The standard InChI is InChI=1S/C16H15F2N7O3S/c1-9-13(25(27)28)10(2)23(22-9)8-29-16-21-20-15(14(17)18)24(16)19-7-11-5-3-4-6-12(11)26/h3-7,14,26H,8H2,1-2H3/b19-7+. The fourth-order valence-electron chi connectivity index (χ4n) is 2.52. The van der Waals surface area contributed by atoms with E-state index in [1.165, 1.54) is 23.9 Å². The van der Waals surface area contributed by atoms with E-state index in [0.29, 0.717) is 11.3 Å². The monoisotopic (exact) mass is 423 g/mol. The van der Waals surface area contributed by atoms with Crippen molar-refractivity contribution in [1.29, 1.82) is 0 Å². The second kappa shape index (κ2) is 8.34. The highest BCUT2D eigenvalue weighted by molar-refractivity contribution is 7.98. The van der Waals surface area contributed by atoms with Crippen molar-refractivity contribution in [3.63, 3.8) is 0 Å². The third-order valence-electron chi connectivity index (χ3n) is 3.92. The number of aromatic nitrogens is 5. The average molecular weight is 423 g/mol. The van der Waals surface area contributed by atoms with Gasteiger partial charge in [0.25, 0.3) is 6.43 Å². The fraction of sp³-hybridized carbons (Fsp3) is 0.250. The van der Waals surface area contributed by atoms with E-state index >= 15 is 0 Å². The predicted molar refractivity (Wildman–Crippen MR) is 100 cm³/mol. The van der Waals surface area contributed by atoms with Crippen LogP contribution in [0, 0.1) is 24.0 Å². The summed E-state index contributed by atoms with van der Waals surface area (Å²) in [5.41, 5.74) is 0.808. The fourth-order valence-corrected chi connectivity index (χ4v) is 3.37. The number of halogens is 2. The molecule has 1 N–H and O–H groups in total. The highest BCUT2D eigenvalue weighted by Gasteiger charge is 2.24. The van der Waals surface area contributed by atoms with E-state index in [1.54, 1.807) is 25.1 Å². The van der Waals surface area contributed by atoms with Crippen LogP contribution >= 0.6 is 11.8 Å². The number of aryl methyl sites for hydroxylation is 1. The van der Waals surface area contributed by atoms with Crippen molar-refractivity contribution in [3.8, 4) is 5.75 Å². The van der Waals surface area contributed by atoms with Crippen LogP contribution in [0.25, 0.3) is 0 Å². The van der Waals surface area contributed by atoms with Crippen molar-refractivity contribution >= 4 is 23.7 Å². The molecular formula is C16H15F2N7O3S. The summed E-state index contributed by atoms with van der Waals surface area (Å²) in [6, 6.07) is 6.28. The number of alkyl halides is 2. The van der Waals surface area contributed by atoms with Crippen LogP contribution in [-0.2, 0) is 5.88 Å². The molecule has 10 nitrogen and oxygen atoms in total. The summed E-state index contributed by atoms with van der Waals surface area (Å²) < 4.78 is 28.8. The second-order valence-corrected chi connectivity index (χ2v) is 6.72. The molecule has 0 spiro atoms. The minimum absolute atomic E-state index is 0.0437. The van der Waals surface area contributed by atoms with E-state index in [9.17, 15) is 24.0 Å². The van der Waals surface area contributed by atoms with E-state index in [-0.39, 0.29) is 28.2 Å². The van der Waals surface area contributed by atoms with Gasteiger partial charge < -0.3 is 5.11 Å². The van der Waals surface area contributed by atoms with Crippen molar-refractivity contribution in [2.24, 2.45) is 5.10 Å². The Kier molecular flexibility index (Phi) is 5.87. The average Bonchev–Trinajstić information content (AvgIpc) is 3.19. The number of thioether (sulfide) groups is 1. The molecule has 0 fully saturated rings.